The van der Waals surface area contributed by atoms with Crippen molar-refractivity contribution in [3.8, 4) is 5.75 Å². The summed E-state index contributed by atoms with van der Waals surface area (Å²) in [6.45, 7) is 2.03. The fraction of sp³-hybridized carbons (Fsp3) is 0.133. The number of anilines is 2. The third kappa shape index (κ3) is 3.74. The number of rotatable bonds is 4. The van der Waals surface area contributed by atoms with Crippen molar-refractivity contribution < 1.29 is 9.90 Å². The Balaban J connectivity index is 1.91. The van der Waals surface area contributed by atoms with E-state index in [1.807, 2.05) is 37.3 Å². The molecule has 19 heavy (non-hydrogen) atoms. The van der Waals surface area contributed by atoms with Crippen LogP contribution in [-0.2, 0) is 4.79 Å². The largest absolute Gasteiger partial charge is 0.508 e. The van der Waals surface area contributed by atoms with Crippen LogP contribution in [0, 0.1) is 6.92 Å². The molecule has 0 bridgehead atoms. The van der Waals surface area contributed by atoms with Gasteiger partial charge < -0.3 is 15.7 Å². The third-order valence-corrected chi connectivity index (χ3v) is 2.71. The van der Waals surface area contributed by atoms with E-state index in [9.17, 15) is 9.90 Å². The number of hydrogen-bond donors (Lipinski definition) is 3. The number of aryl methyl sites for hydroxylation is 1. The number of phenolic OH excluding ortho intramolecular Hbond substituents is 1. The summed E-state index contributed by atoms with van der Waals surface area (Å²) in [5.41, 5.74) is 2.44. The van der Waals surface area contributed by atoms with E-state index < -0.39 is 0 Å². The number of phenols is 1. The highest BCUT2D eigenvalue weighted by Gasteiger charge is 2.05. The Morgan fingerprint density at radius 2 is 1.89 bits per heavy atom. The van der Waals surface area contributed by atoms with Gasteiger partial charge >= 0.3 is 0 Å². The van der Waals surface area contributed by atoms with E-state index in [1.54, 1.807) is 18.2 Å². The van der Waals surface area contributed by atoms with Crippen molar-refractivity contribution in [1.82, 2.24) is 0 Å². The fourth-order valence-corrected chi connectivity index (χ4v) is 1.72. The van der Waals surface area contributed by atoms with E-state index in [2.05, 4.69) is 10.6 Å². The van der Waals surface area contributed by atoms with Crippen LogP contribution in [0.3, 0.4) is 0 Å². The van der Waals surface area contributed by atoms with Gasteiger partial charge in [0.05, 0.1) is 6.54 Å². The molecule has 0 saturated carbocycles. The van der Waals surface area contributed by atoms with Crippen LogP contribution in [0.5, 0.6) is 5.75 Å². The summed E-state index contributed by atoms with van der Waals surface area (Å²) in [5, 5.41) is 15.1. The number of carbonyl (C=O) groups is 1. The summed E-state index contributed by atoms with van der Waals surface area (Å²) in [6.07, 6.45) is 0. The Morgan fingerprint density at radius 3 is 2.58 bits per heavy atom. The lowest BCUT2D eigenvalue weighted by molar-refractivity contribution is -0.114. The van der Waals surface area contributed by atoms with E-state index in [0.29, 0.717) is 5.69 Å². The predicted molar refractivity (Wildman–Crippen MR) is 76.4 cm³/mol. The maximum absolute atomic E-state index is 11.8. The summed E-state index contributed by atoms with van der Waals surface area (Å²) < 4.78 is 0. The second-order valence-corrected chi connectivity index (χ2v) is 4.27. The van der Waals surface area contributed by atoms with Crippen molar-refractivity contribution in [2.75, 3.05) is 17.2 Å². The molecular formula is C15H16N2O2. The van der Waals surface area contributed by atoms with Crippen molar-refractivity contribution in [1.29, 1.82) is 0 Å². The minimum atomic E-state index is -0.127. The zero-order chi connectivity index (χ0) is 13.7. The molecule has 0 aromatic heterocycles. The van der Waals surface area contributed by atoms with E-state index in [1.165, 1.54) is 0 Å². The van der Waals surface area contributed by atoms with Gasteiger partial charge in [-0.3, -0.25) is 4.79 Å². The molecule has 0 fully saturated rings. The lowest BCUT2D eigenvalue weighted by Gasteiger charge is -2.10. The molecular weight excluding hydrogens is 240 g/mol. The molecule has 0 atom stereocenters. The van der Waals surface area contributed by atoms with Crippen molar-refractivity contribution in [3.63, 3.8) is 0 Å². The smallest absolute Gasteiger partial charge is 0.243 e. The van der Waals surface area contributed by atoms with Gasteiger partial charge in [0.15, 0.2) is 0 Å². The summed E-state index contributed by atoms with van der Waals surface area (Å²) in [7, 11) is 0. The second kappa shape index (κ2) is 5.91. The predicted octanol–water partition coefficient (Wildman–Crippen LogP) is 2.75. The number of para-hydroxylation sites is 1. The molecule has 98 valence electrons. The van der Waals surface area contributed by atoms with E-state index in [4.69, 9.17) is 0 Å². The SMILES string of the molecule is Cc1cc(O)ccc1NC(=O)CNc1ccccc1. The average molecular weight is 256 g/mol. The van der Waals surface area contributed by atoms with Crippen molar-refractivity contribution in [3.05, 3.63) is 54.1 Å². The van der Waals surface area contributed by atoms with Crippen LogP contribution in [-0.4, -0.2) is 17.6 Å². The van der Waals surface area contributed by atoms with Gasteiger partial charge in [-0.15, -0.1) is 0 Å². The van der Waals surface area contributed by atoms with Crippen LogP contribution in [0.4, 0.5) is 11.4 Å². The van der Waals surface area contributed by atoms with Gasteiger partial charge in [0.1, 0.15) is 5.75 Å². The molecule has 2 aromatic rings. The summed E-state index contributed by atoms with van der Waals surface area (Å²) in [6, 6.07) is 14.4. The number of benzene rings is 2. The van der Waals surface area contributed by atoms with Crippen molar-refractivity contribution in [2.24, 2.45) is 0 Å². The van der Waals surface area contributed by atoms with Gasteiger partial charge in [0.25, 0.3) is 0 Å². The Labute approximate surface area is 112 Å². The molecule has 4 heteroatoms. The van der Waals surface area contributed by atoms with Crippen LogP contribution < -0.4 is 10.6 Å². The molecule has 1 amide bonds. The lowest BCUT2D eigenvalue weighted by atomic mass is 10.2. The molecule has 0 saturated heterocycles. The van der Waals surface area contributed by atoms with Crippen LogP contribution in [0.15, 0.2) is 48.5 Å². The zero-order valence-corrected chi connectivity index (χ0v) is 10.7. The number of aromatic hydroxyl groups is 1. The lowest BCUT2D eigenvalue weighted by Crippen LogP contribution is -2.22. The molecule has 0 heterocycles. The number of carbonyl (C=O) groups excluding carboxylic acids is 1. The Kier molecular flexibility index (Phi) is 4.03. The molecule has 0 aliphatic heterocycles. The molecule has 2 rings (SSSR count). The molecule has 0 aliphatic rings. The highest BCUT2D eigenvalue weighted by Crippen LogP contribution is 2.19. The maximum atomic E-state index is 11.8. The first-order chi connectivity index (χ1) is 9.15. The Bertz CT molecular complexity index is 568. The average Bonchev–Trinajstić information content (AvgIpc) is 2.41. The molecule has 0 unspecified atom stereocenters. The van der Waals surface area contributed by atoms with Gasteiger partial charge in [-0.25, -0.2) is 0 Å². The number of amides is 1. The minimum Gasteiger partial charge on any atom is -0.508 e. The Morgan fingerprint density at radius 1 is 1.16 bits per heavy atom. The third-order valence-electron chi connectivity index (χ3n) is 2.71. The first-order valence-electron chi connectivity index (χ1n) is 6.03. The molecule has 4 nitrogen and oxygen atoms in total. The fourth-order valence-electron chi connectivity index (χ4n) is 1.72. The maximum Gasteiger partial charge on any atom is 0.243 e. The second-order valence-electron chi connectivity index (χ2n) is 4.27. The van der Waals surface area contributed by atoms with E-state index in [-0.39, 0.29) is 18.2 Å². The van der Waals surface area contributed by atoms with Gasteiger partial charge in [-0.1, -0.05) is 18.2 Å². The summed E-state index contributed by atoms with van der Waals surface area (Å²) in [5.74, 6) is 0.0653. The van der Waals surface area contributed by atoms with Crippen molar-refractivity contribution >= 4 is 17.3 Å². The van der Waals surface area contributed by atoms with Crippen LogP contribution >= 0.6 is 0 Å². The van der Waals surface area contributed by atoms with Crippen LogP contribution in [0.1, 0.15) is 5.56 Å². The molecule has 0 radical (unpaired) electrons. The minimum absolute atomic E-state index is 0.127. The number of hydrogen-bond acceptors (Lipinski definition) is 3. The zero-order valence-electron chi connectivity index (χ0n) is 10.7. The van der Waals surface area contributed by atoms with Crippen molar-refractivity contribution in [2.45, 2.75) is 6.92 Å². The first-order valence-corrected chi connectivity index (χ1v) is 6.03. The van der Waals surface area contributed by atoms with Crippen LogP contribution in [0.2, 0.25) is 0 Å². The molecule has 0 spiro atoms. The molecule has 0 aliphatic carbocycles. The van der Waals surface area contributed by atoms with Gasteiger partial charge in [0, 0.05) is 11.4 Å². The van der Waals surface area contributed by atoms with E-state index in [0.717, 1.165) is 11.3 Å². The van der Waals surface area contributed by atoms with Gasteiger partial charge in [-0.2, -0.15) is 0 Å². The monoisotopic (exact) mass is 256 g/mol. The summed E-state index contributed by atoms with van der Waals surface area (Å²) >= 11 is 0. The molecule has 2 aromatic carbocycles. The topological polar surface area (TPSA) is 61.4 Å². The quantitative estimate of drug-likeness (QED) is 0.737. The van der Waals surface area contributed by atoms with E-state index >= 15 is 0 Å². The van der Waals surface area contributed by atoms with Gasteiger partial charge in [-0.05, 0) is 42.8 Å². The standard InChI is InChI=1S/C15H16N2O2/c1-11-9-13(18)7-8-14(11)17-15(19)10-16-12-5-3-2-4-6-12/h2-9,16,18H,10H2,1H3,(H,17,19). The van der Waals surface area contributed by atoms with Gasteiger partial charge in [0.2, 0.25) is 5.91 Å². The molecule has 3 N–H and O–H groups in total. The Hall–Kier alpha value is -2.49. The first kappa shape index (κ1) is 13.0. The normalized spacial score (nSPS) is 9.95. The van der Waals surface area contributed by atoms with Crippen LogP contribution in [0.25, 0.3) is 0 Å². The summed E-state index contributed by atoms with van der Waals surface area (Å²) in [4.78, 5) is 11.8. The highest BCUT2D eigenvalue weighted by molar-refractivity contribution is 5.94. The number of nitrogens with one attached hydrogen (secondary N) is 2. The highest BCUT2D eigenvalue weighted by atomic mass is 16.3.